The molecule has 0 aliphatic carbocycles. The lowest BCUT2D eigenvalue weighted by Gasteiger charge is -2.26. The van der Waals surface area contributed by atoms with Gasteiger partial charge in [-0.15, -0.1) is 11.3 Å². The molecule has 1 unspecified atom stereocenters. The Bertz CT molecular complexity index is 544. The Morgan fingerprint density at radius 1 is 1.32 bits per heavy atom. The van der Waals surface area contributed by atoms with Gasteiger partial charge in [0.25, 0.3) is 0 Å². The van der Waals surface area contributed by atoms with Crippen molar-refractivity contribution in [2.75, 3.05) is 13.6 Å². The molecule has 1 aromatic heterocycles. The highest BCUT2D eigenvalue weighted by Crippen LogP contribution is 2.30. The fourth-order valence-corrected chi connectivity index (χ4v) is 3.63. The smallest absolute Gasteiger partial charge is 0.127 e. The van der Waals surface area contributed by atoms with E-state index in [-0.39, 0.29) is 11.9 Å². The lowest BCUT2D eigenvalue weighted by Crippen LogP contribution is -2.29. The number of hydrogen-bond donors (Lipinski definition) is 1. The van der Waals surface area contributed by atoms with Crippen LogP contribution in [-0.2, 0) is 6.54 Å². The highest BCUT2D eigenvalue weighted by atomic mass is 79.9. The SMILES string of the molecule is CN(Cc1ccccc1F)C(CN)c1ccc(Br)s1. The summed E-state index contributed by atoms with van der Waals surface area (Å²) >= 11 is 5.12. The molecular weight excluding hydrogens is 327 g/mol. The normalized spacial score (nSPS) is 12.9. The average Bonchev–Trinajstić information content (AvgIpc) is 2.80. The highest BCUT2D eigenvalue weighted by Gasteiger charge is 2.18. The summed E-state index contributed by atoms with van der Waals surface area (Å²) in [6.45, 7) is 1.06. The molecule has 0 saturated carbocycles. The minimum Gasteiger partial charge on any atom is -0.329 e. The maximum absolute atomic E-state index is 13.7. The molecule has 19 heavy (non-hydrogen) atoms. The van der Waals surface area contributed by atoms with Crippen molar-refractivity contribution in [1.82, 2.24) is 4.90 Å². The molecule has 1 aromatic carbocycles. The molecule has 2 nitrogen and oxygen atoms in total. The van der Waals surface area contributed by atoms with Gasteiger partial charge in [-0.2, -0.15) is 0 Å². The topological polar surface area (TPSA) is 29.3 Å². The summed E-state index contributed by atoms with van der Waals surface area (Å²) in [6.07, 6.45) is 0. The van der Waals surface area contributed by atoms with Gasteiger partial charge in [0.15, 0.2) is 0 Å². The van der Waals surface area contributed by atoms with Gasteiger partial charge in [-0.05, 0) is 41.2 Å². The number of likely N-dealkylation sites (N-methyl/N-ethyl adjacent to an activating group) is 1. The van der Waals surface area contributed by atoms with E-state index in [1.165, 1.54) is 10.9 Å². The van der Waals surface area contributed by atoms with E-state index in [4.69, 9.17) is 5.73 Å². The van der Waals surface area contributed by atoms with Gasteiger partial charge >= 0.3 is 0 Å². The zero-order valence-electron chi connectivity index (χ0n) is 10.6. The number of rotatable bonds is 5. The number of benzene rings is 1. The van der Waals surface area contributed by atoms with Gasteiger partial charge in [0, 0.05) is 23.5 Å². The van der Waals surface area contributed by atoms with Gasteiger partial charge in [-0.1, -0.05) is 18.2 Å². The molecule has 0 aliphatic heterocycles. The zero-order chi connectivity index (χ0) is 13.8. The third-order valence-corrected chi connectivity index (χ3v) is 4.78. The summed E-state index contributed by atoms with van der Waals surface area (Å²) in [5.74, 6) is -0.169. The second-order valence-electron chi connectivity index (χ2n) is 4.40. The van der Waals surface area contributed by atoms with Gasteiger partial charge < -0.3 is 5.73 Å². The Kier molecular flexibility index (Phi) is 5.10. The van der Waals surface area contributed by atoms with Gasteiger partial charge in [0.1, 0.15) is 5.82 Å². The molecule has 1 heterocycles. The summed E-state index contributed by atoms with van der Waals surface area (Å²) in [5, 5.41) is 0. The Hall–Kier alpha value is -0.750. The second-order valence-corrected chi connectivity index (χ2v) is 6.89. The first-order chi connectivity index (χ1) is 9.11. The molecule has 0 fully saturated rings. The van der Waals surface area contributed by atoms with Crippen molar-refractivity contribution in [2.45, 2.75) is 12.6 Å². The van der Waals surface area contributed by atoms with E-state index in [2.05, 4.69) is 26.9 Å². The molecule has 5 heteroatoms. The zero-order valence-corrected chi connectivity index (χ0v) is 13.0. The van der Waals surface area contributed by atoms with Crippen LogP contribution in [0.1, 0.15) is 16.5 Å². The Morgan fingerprint density at radius 3 is 2.63 bits per heavy atom. The Balaban J connectivity index is 2.13. The minimum atomic E-state index is -0.169. The quantitative estimate of drug-likeness (QED) is 0.895. The highest BCUT2D eigenvalue weighted by molar-refractivity contribution is 9.11. The molecule has 0 radical (unpaired) electrons. The maximum Gasteiger partial charge on any atom is 0.127 e. The van der Waals surface area contributed by atoms with Crippen LogP contribution in [0.4, 0.5) is 4.39 Å². The molecule has 0 aliphatic rings. The lowest BCUT2D eigenvalue weighted by atomic mass is 10.1. The summed E-state index contributed by atoms with van der Waals surface area (Å²) < 4.78 is 14.7. The summed E-state index contributed by atoms with van der Waals surface area (Å²) in [4.78, 5) is 3.27. The van der Waals surface area contributed by atoms with Gasteiger partial charge in [0.05, 0.1) is 9.83 Å². The van der Waals surface area contributed by atoms with Crippen LogP contribution in [0, 0.1) is 5.82 Å². The second kappa shape index (κ2) is 6.61. The van der Waals surface area contributed by atoms with Crippen molar-refractivity contribution in [3.05, 3.63) is 56.4 Å². The standard InChI is InChI=1S/C14H16BrFN2S/c1-18(9-10-4-2-3-5-11(10)16)12(8-17)13-6-7-14(15)19-13/h2-7,12H,8-9,17H2,1H3. The Labute approximate surface area is 125 Å². The van der Waals surface area contributed by atoms with Crippen molar-refractivity contribution in [2.24, 2.45) is 5.73 Å². The first-order valence-electron chi connectivity index (χ1n) is 6.00. The van der Waals surface area contributed by atoms with Crippen LogP contribution in [0.15, 0.2) is 40.2 Å². The molecular formula is C14H16BrFN2S. The van der Waals surface area contributed by atoms with Crippen LogP contribution in [-0.4, -0.2) is 18.5 Å². The van der Waals surface area contributed by atoms with Crippen molar-refractivity contribution in [1.29, 1.82) is 0 Å². The first kappa shape index (κ1) is 14.7. The van der Waals surface area contributed by atoms with Gasteiger partial charge in [0.2, 0.25) is 0 Å². The fourth-order valence-electron chi connectivity index (χ4n) is 2.03. The molecule has 1 atom stereocenters. The summed E-state index contributed by atoms with van der Waals surface area (Å²) in [7, 11) is 1.97. The van der Waals surface area contributed by atoms with Crippen LogP contribution < -0.4 is 5.73 Å². The van der Waals surface area contributed by atoms with Gasteiger partial charge in [-0.25, -0.2) is 4.39 Å². The third-order valence-electron chi connectivity index (χ3n) is 3.06. The largest absolute Gasteiger partial charge is 0.329 e. The summed E-state index contributed by atoms with van der Waals surface area (Å²) in [6, 6.07) is 11.0. The van der Waals surface area contributed by atoms with E-state index in [1.54, 1.807) is 17.4 Å². The predicted octanol–water partition coefficient (Wildman–Crippen LogP) is 3.78. The molecule has 0 bridgehead atoms. The predicted molar refractivity (Wildman–Crippen MR) is 81.7 cm³/mol. The molecule has 102 valence electrons. The molecule has 2 rings (SSSR count). The van der Waals surface area contributed by atoms with E-state index in [0.717, 1.165) is 3.79 Å². The number of nitrogens with two attached hydrogens (primary N) is 1. The summed E-state index contributed by atoms with van der Waals surface area (Å²) in [5.41, 5.74) is 6.56. The monoisotopic (exact) mass is 342 g/mol. The Morgan fingerprint density at radius 2 is 2.05 bits per heavy atom. The fraction of sp³-hybridized carbons (Fsp3) is 0.286. The molecule has 0 spiro atoms. The van der Waals surface area contributed by atoms with Crippen LogP contribution in [0.5, 0.6) is 0 Å². The van der Waals surface area contributed by atoms with Crippen molar-refractivity contribution in [3.8, 4) is 0 Å². The van der Waals surface area contributed by atoms with E-state index < -0.39 is 0 Å². The van der Waals surface area contributed by atoms with Gasteiger partial charge in [-0.3, -0.25) is 4.90 Å². The van der Waals surface area contributed by atoms with E-state index in [9.17, 15) is 4.39 Å². The van der Waals surface area contributed by atoms with E-state index >= 15 is 0 Å². The maximum atomic E-state index is 13.7. The van der Waals surface area contributed by atoms with Crippen LogP contribution >= 0.6 is 27.3 Å². The van der Waals surface area contributed by atoms with E-state index in [0.29, 0.717) is 18.7 Å². The average molecular weight is 343 g/mol. The minimum absolute atomic E-state index is 0.107. The molecule has 2 aromatic rings. The van der Waals surface area contributed by atoms with Crippen molar-refractivity contribution < 1.29 is 4.39 Å². The molecule has 0 saturated heterocycles. The number of thiophene rings is 1. The van der Waals surface area contributed by atoms with Crippen molar-refractivity contribution in [3.63, 3.8) is 0 Å². The number of nitrogens with zero attached hydrogens (tertiary/aromatic N) is 1. The van der Waals surface area contributed by atoms with Crippen LogP contribution in [0.3, 0.4) is 0 Å². The van der Waals surface area contributed by atoms with E-state index in [1.807, 2.05) is 25.2 Å². The lowest BCUT2D eigenvalue weighted by molar-refractivity contribution is 0.242. The van der Waals surface area contributed by atoms with Crippen molar-refractivity contribution >= 4 is 27.3 Å². The van der Waals surface area contributed by atoms with Crippen LogP contribution in [0.25, 0.3) is 0 Å². The number of halogens is 2. The number of hydrogen-bond acceptors (Lipinski definition) is 3. The van der Waals surface area contributed by atoms with Crippen LogP contribution in [0.2, 0.25) is 0 Å². The molecule has 0 amide bonds. The first-order valence-corrected chi connectivity index (χ1v) is 7.61. The third kappa shape index (κ3) is 3.63. The molecule has 2 N–H and O–H groups in total.